The van der Waals surface area contributed by atoms with Crippen LogP contribution >= 0.6 is 0 Å². The summed E-state index contributed by atoms with van der Waals surface area (Å²) in [5.74, 6) is 0.335. The van der Waals surface area contributed by atoms with Gasteiger partial charge < -0.3 is 9.32 Å². The van der Waals surface area contributed by atoms with E-state index in [0.717, 1.165) is 38.6 Å². The molecular formula is C73H65NO. The van der Waals surface area contributed by atoms with Gasteiger partial charge in [0.15, 0.2) is 0 Å². The summed E-state index contributed by atoms with van der Waals surface area (Å²) < 4.78 is 6.50. The highest BCUT2D eigenvalue weighted by molar-refractivity contribution is 6.10. The summed E-state index contributed by atoms with van der Waals surface area (Å²) in [7, 11) is 0. The highest BCUT2D eigenvalue weighted by atomic mass is 16.3. The smallest absolute Gasteiger partial charge is 0.143 e. The molecule has 1 aliphatic heterocycles. The van der Waals surface area contributed by atoms with Crippen LogP contribution < -0.4 is 4.90 Å². The van der Waals surface area contributed by atoms with Crippen molar-refractivity contribution in [2.24, 2.45) is 0 Å². The molecule has 2 heterocycles. The van der Waals surface area contributed by atoms with Gasteiger partial charge in [-0.05, 0) is 109 Å². The zero-order valence-electron chi connectivity index (χ0n) is 43.8. The lowest BCUT2D eigenvalue weighted by molar-refractivity contribution is 0.670. The lowest BCUT2D eigenvalue weighted by atomic mass is 9.86. The Bertz CT molecular complexity index is 3680. The Morgan fingerprint density at radius 3 is 1.72 bits per heavy atom. The predicted octanol–water partition coefficient (Wildman–Crippen LogP) is 20.5. The van der Waals surface area contributed by atoms with E-state index in [1.165, 1.54) is 66.7 Å². The monoisotopic (exact) mass is 972 g/mol. The summed E-state index contributed by atoms with van der Waals surface area (Å²) in [6, 6.07) is 87.6. The summed E-state index contributed by atoms with van der Waals surface area (Å²) in [6.07, 6.45) is 11.1. The van der Waals surface area contributed by atoms with Gasteiger partial charge in [0.05, 0.1) is 6.04 Å². The van der Waals surface area contributed by atoms with Crippen molar-refractivity contribution >= 4 is 49.7 Å². The van der Waals surface area contributed by atoms with Gasteiger partial charge in [0.25, 0.3) is 0 Å². The molecule has 368 valence electrons. The van der Waals surface area contributed by atoms with Gasteiger partial charge in [-0.2, -0.15) is 0 Å². The first-order chi connectivity index (χ1) is 36.7. The van der Waals surface area contributed by atoms with Crippen molar-refractivity contribution < 1.29 is 4.42 Å². The molecule has 2 atom stereocenters. The average Bonchev–Trinajstić information content (AvgIpc) is 4.01. The molecule has 2 nitrogen and oxygen atoms in total. The molecule has 11 aromatic rings. The number of allylic oxidation sites excluding steroid dienone is 5. The van der Waals surface area contributed by atoms with Crippen LogP contribution in [-0.2, 0) is 0 Å². The van der Waals surface area contributed by atoms with Crippen molar-refractivity contribution in [2.75, 3.05) is 4.90 Å². The van der Waals surface area contributed by atoms with E-state index in [1.807, 2.05) is 80.6 Å². The SMILES string of the molecule is C=C(C)/C=C\C.Cc1ccc(-c2ccc3oc4c(-c5ccc(C6=CC7C(C=C6)c6ccccc6N7c6ccccc6)cc5)cccc4c3c2)cc1.Cc1ccc2ccccc2c1.Cc1ccccc1.c1ccccc1. The molecule has 0 saturated carbocycles. The third-order valence-corrected chi connectivity index (χ3v) is 13.5. The van der Waals surface area contributed by atoms with Crippen LogP contribution in [0.2, 0.25) is 0 Å². The molecule has 0 saturated heterocycles. The molecule has 2 unspecified atom stereocenters. The van der Waals surface area contributed by atoms with E-state index in [0.29, 0.717) is 5.92 Å². The van der Waals surface area contributed by atoms with Crippen molar-refractivity contribution in [1.82, 2.24) is 0 Å². The van der Waals surface area contributed by atoms with Crippen molar-refractivity contribution in [3.63, 3.8) is 0 Å². The second-order valence-electron chi connectivity index (χ2n) is 19.2. The number of anilines is 2. The summed E-state index contributed by atoms with van der Waals surface area (Å²) in [5, 5.41) is 4.94. The summed E-state index contributed by atoms with van der Waals surface area (Å²) in [4.78, 5) is 2.49. The van der Waals surface area contributed by atoms with Crippen molar-refractivity contribution in [3.8, 4) is 22.3 Å². The average molecular weight is 972 g/mol. The normalized spacial score (nSPS) is 13.9. The fourth-order valence-corrected chi connectivity index (χ4v) is 9.73. The van der Waals surface area contributed by atoms with Gasteiger partial charge in [-0.1, -0.05) is 278 Å². The molecule has 2 aliphatic rings. The largest absolute Gasteiger partial charge is 0.455 e. The number of hydrogen-bond donors (Lipinski definition) is 0. The molecule has 0 radical (unpaired) electrons. The highest BCUT2D eigenvalue weighted by Gasteiger charge is 2.38. The fraction of sp³-hybridized carbons (Fsp3) is 0.0959. The minimum absolute atomic E-state index is 0.235. The van der Waals surface area contributed by atoms with E-state index >= 15 is 0 Å². The molecule has 0 amide bonds. The highest BCUT2D eigenvalue weighted by Crippen LogP contribution is 2.49. The van der Waals surface area contributed by atoms with Gasteiger partial charge in [0.1, 0.15) is 11.2 Å². The quantitative estimate of drug-likeness (QED) is 0.160. The molecule has 0 bridgehead atoms. The molecule has 1 aromatic heterocycles. The van der Waals surface area contributed by atoms with Gasteiger partial charge in [0, 0.05) is 33.6 Å². The van der Waals surface area contributed by atoms with Gasteiger partial charge in [-0.25, -0.2) is 0 Å². The van der Waals surface area contributed by atoms with Crippen LogP contribution in [0.4, 0.5) is 11.4 Å². The second kappa shape index (κ2) is 24.6. The minimum atomic E-state index is 0.235. The van der Waals surface area contributed by atoms with Gasteiger partial charge >= 0.3 is 0 Å². The molecule has 0 spiro atoms. The number of benzene rings is 10. The first-order valence-corrected chi connectivity index (χ1v) is 26.0. The first-order valence-electron chi connectivity index (χ1n) is 26.0. The van der Waals surface area contributed by atoms with Crippen molar-refractivity contribution in [2.45, 2.75) is 46.6 Å². The van der Waals surface area contributed by atoms with E-state index < -0.39 is 0 Å². The maximum Gasteiger partial charge on any atom is 0.143 e. The minimum Gasteiger partial charge on any atom is -0.455 e. The Morgan fingerprint density at radius 1 is 0.493 bits per heavy atom. The van der Waals surface area contributed by atoms with Gasteiger partial charge in [0.2, 0.25) is 0 Å². The Kier molecular flexibility index (Phi) is 16.7. The summed E-state index contributed by atoms with van der Waals surface area (Å²) in [5.41, 5.74) is 17.9. The van der Waals surface area contributed by atoms with Crippen LogP contribution in [0.1, 0.15) is 47.6 Å². The van der Waals surface area contributed by atoms with Crippen LogP contribution in [0.15, 0.2) is 296 Å². The molecular weight excluding hydrogens is 907 g/mol. The summed E-state index contributed by atoms with van der Waals surface area (Å²) in [6.45, 7) is 13.9. The maximum atomic E-state index is 6.50. The molecule has 0 N–H and O–H groups in total. The maximum absolute atomic E-state index is 6.50. The van der Waals surface area contributed by atoms with E-state index in [9.17, 15) is 0 Å². The number of rotatable bonds is 5. The Hall–Kier alpha value is -8.98. The van der Waals surface area contributed by atoms with Crippen LogP contribution in [0, 0.1) is 20.8 Å². The van der Waals surface area contributed by atoms with E-state index in [2.05, 4.69) is 245 Å². The standard InChI is InChI=1S/C43H31NO.C11H10.C7H8.C6H6.C6H10/c1-28-14-16-29(17-15-28)32-23-25-42-39(26-32)38-12-7-11-35(43(38)45-42)31-20-18-30(19-21-31)33-22-24-37-36-10-5-6-13-40(36)44(41(37)27-33)34-8-3-2-4-9-34;1-9-6-7-10-4-2-3-5-11(10)8-9;1-7-5-3-2-4-6-7;1-2-4-6-5-3-1;1-4-5-6(2)3/h2-27,37,41H,1H3;2-8H,1H3;2-6H,1H3;1-6H;4-5H,2H2,1,3H3/b;;;;5-4-. The van der Waals surface area contributed by atoms with Crippen molar-refractivity contribution in [1.29, 1.82) is 0 Å². The number of aryl methyl sites for hydroxylation is 3. The molecule has 1 aliphatic carbocycles. The number of hydrogen-bond acceptors (Lipinski definition) is 2. The van der Waals surface area contributed by atoms with Crippen molar-refractivity contribution in [3.05, 3.63) is 319 Å². The lowest BCUT2D eigenvalue weighted by Crippen LogP contribution is -2.29. The van der Waals surface area contributed by atoms with Crippen LogP contribution in [0.25, 0.3) is 60.5 Å². The number of furan rings is 1. The molecule has 13 rings (SSSR count). The zero-order chi connectivity index (χ0) is 51.9. The van der Waals surface area contributed by atoms with Gasteiger partial charge in [-0.3, -0.25) is 0 Å². The molecule has 10 aromatic carbocycles. The summed E-state index contributed by atoms with van der Waals surface area (Å²) >= 11 is 0. The number of fused-ring (bicyclic) bond motifs is 7. The molecule has 2 heteroatoms. The predicted molar refractivity (Wildman–Crippen MR) is 324 cm³/mol. The van der Waals surface area contributed by atoms with Crippen LogP contribution in [-0.4, -0.2) is 6.04 Å². The number of para-hydroxylation sites is 3. The molecule has 0 fully saturated rings. The van der Waals surface area contributed by atoms with E-state index in [4.69, 9.17) is 4.42 Å². The number of nitrogens with zero attached hydrogens (tertiary/aromatic N) is 1. The Balaban J connectivity index is 0.000000184. The first kappa shape index (κ1) is 50.9. The molecule has 75 heavy (non-hydrogen) atoms. The van der Waals surface area contributed by atoms with Gasteiger partial charge in [-0.15, -0.1) is 0 Å². The second-order valence-corrected chi connectivity index (χ2v) is 19.2. The van der Waals surface area contributed by atoms with E-state index in [1.54, 1.807) is 0 Å². The van der Waals surface area contributed by atoms with Crippen LogP contribution in [0.3, 0.4) is 0 Å². The third kappa shape index (κ3) is 12.6. The topological polar surface area (TPSA) is 16.4 Å². The van der Waals surface area contributed by atoms with E-state index in [-0.39, 0.29) is 6.04 Å². The Morgan fingerprint density at radius 2 is 1.07 bits per heavy atom. The zero-order valence-corrected chi connectivity index (χ0v) is 43.8. The lowest BCUT2D eigenvalue weighted by Gasteiger charge is -2.30. The third-order valence-electron chi connectivity index (χ3n) is 13.5. The fourth-order valence-electron chi connectivity index (χ4n) is 9.73. The Labute approximate surface area is 444 Å². The van der Waals surface area contributed by atoms with Crippen LogP contribution in [0.5, 0.6) is 0 Å².